The van der Waals surface area contributed by atoms with E-state index in [1.165, 1.54) is 0 Å². The zero-order chi connectivity index (χ0) is 12.4. The van der Waals surface area contributed by atoms with Gasteiger partial charge in [-0.1, -0.05) is 5.16 Å². The van der Waals surface area contributed by atoms with E-state index in [4.69, 9.17) is 9.63 Å². The number of nitrogens with zero attached hydrogens (tertiary/aromatic N) is 2. The average molecular weight is 238 g/mol. The predicted molar refractivity (Wildman–Crippen MR) is 57.5 cm³/mol. The highest BCUT2D eigenvalue weighted by molar-refractivity contribution is 5.91. The largest absolute Gasteiger partial charge is 0.481 e. The van der Waals surface area contributed by atoms with Crippen molar-refractivity contribution in [2.24, 2.45) is 5.92 Å². The van der Waals surface area contributed by atoms with Gasteiger partial charge in [0.25, 0.3) is 5.91 Å². The lowest BCUT2D eigenvalue weighted by Crippen LogP contribution is -2.28. The summed E-state index contributed by atoms with van der Waals surface area (Å²) in [6.45, 7) is 2.80. The van der Waals surface area contributed by atoms with Crippen LogP contribution >= 0.6 is 0 Å². The Bertz CT molecular complexity index is 440. The first-order chi connectivity index (χ1) is 8.06. The summed E-state index contributed by atoms with van der Waals surface area (Å²) in [5.74, 6) is -0.766. The second-order valence-corrected chi connectivity index (χ2v) is 4.34. The quantitative estimate of drug-likeness (QED) is 0.846. The van der Waals surface area contributed by atoms with Crippen molar-refractivity contribution in [3.8, 4) is 0 Å². The Balaban J connectivity index is 1.96. The van der Waals surface area contributed by atoms with Crippen LogP contribution in [0.1, 0.15) is 29.1 Å². The van der Waals surface area contributed by atoms with Crippen molar-refractivity contribution in [1.29, 1.82) is 0 Å². The summed E-state index contributed by atoms with van der Waals surface area (Å²) in [5.41, 5.74) is 0.662. The molecule has 1 aliphatic rings. The Hall–Kier alpha value is -1.85. The van der Waals surface area contributed by atoms with Gasteiger partial charge in [-0.25, -0.2) is 0 Å². The fourth-order valence-electron chi connectivity index (χ4n) is 2.05. The van der Waals surface area contributed by atoms with E-state index < -0.39 is 5.97 Å². The molecule has 1 amide bonds. The summed E-state index contributed by atoms with van der Waals surface area (Å²) >= 11 is 0. The zero-order valence-corrected chi connectivity index (χ0v) is 9.55. The number of carbonyl (C=O) groups is 2. The van der Waals surface area contributed by atoms with Gasteiger partial charge in [-0.3, -0.25) is 9.59 Å². The van der Waals surface area contributed by atoms with Crippen LogP contribution in [0.15, 0.2) is 10.6 Å². The molecule has 92 valence electrons. The molecule has 0 spiro atoms. The number of rotatable bonds is 3. The van der Waals surface area contributed by atoms with Crippen LogP contribution < -0.4 is 0 Å². The van der Waals surface area contributed by atoms with E-state index >= 15 is 0 Å². The maximum atomic E-state index is 11.9. The maximum absolute atomic E-state index is 11.9. The number of likely N-dealkylation sites (tertiary alicyclic amines) is 1. The second kappa shape index (κ2) is 4.57. The minimum Gasteiger partial charge on any atom is -0.481 e. The highest BCUT2D eigenvalue weighted by Crippen LogP contribution is 2.21. The maximum Gasteiger partial charge on any atom is 0.303 e. The molecule has 1 atom stereocenters. The van der Waals surface area contributed by atoms with Crippen LogP contribution in [0, 0.1) is 12.8 Å². The van der Waals surface area contributed by atoms with Gasteiger partial charge in [0.1, 0.15) is 0 Å². The number of aromatic nitrogens is 1. The summed E-state index contributed by atoms with van der Waals surface area (Å²) in [6, 6.07) is 1.59. The molecule has 0 aromatic carbocycles. The van der Waals surface area contributed by atoms with Crippen LogP contribution in [0.5, 0.6) is 0 Å². The molecule has 1 aliphatic heterocycles. The molecule has 1 aromatic rings. The first-order valence-electron chi connectivity index (χ1n) is 5.50. The molecule has 2 heterocycles. The number of carbonyl (C=O) groups excluding carboxylic acids is 1. The van der Waals surface area contributed by atoms with Gasteiger partial charge in [0.05, 0.1) is 5.69 Å². The Kier molecular flexibility index (Phi) is 3.12. The summed E-state index contributed by atoms with van der Waals surface area (Å²) in [4.78, 5) is 24.1. The van der Waals surface area contributed by atoms with Gasteiger partial charge in [-0.15, -0.1) is 0 Å². The number of carboxylic acid groups (broad SMARTS) is 1. The van der Waals surface area contributed by atoms with Crippen molar-refractivity contribution < 1.29 is 19.2 Å². The number of hydrogen-bond acceptors (Lipinski definition) is 4. The second-order valence-electron chi connectivity index (χ2n) is 4.34. The molecule has 1 saturated heterocycles. The van der Waals surface area contributed by atoms with Gasteiger partial charge >= 0.3 is 5.97 Å². The van der Waals surface area contributed by atoms with Crippen molar-refractivity contribution in [3.05, 3.63) is 17.5 Å². The Morgan fingerprint density at radius 1 is 1.65 bits per heavy atom. The third kappa shape index (κ3) is 2.64. The molecule has 0 aliphatic carbocycles. The molecular weight excluding hydrogens is 224 g/mol. The topological polar surface area (TPSA) is 83.6 Å². The molecule has 1 unspecified atom stereocenters. The SMILES string of the molecule is Cc1cc(C(=O)N2CCC(CC(=O)O)C2)on1. The predicted octanol–water partition coefficient (Wildman–Crippen LogP) is 0.920. The van der Waals surface area contributed by atoms with Gasteiger partial charge in [0, 0.05) is 25.6 Å². The third-order valence-electron chi connectivity index (χ3n) is 2.88. The van der Waals surface area contributed by atoms with Gasteiger partial charge in [-0.2, -0.15) is 0 Å². The first kappa shape index (κ1) is 11.6. The normalized spacial score (nSPS) is 19.6. The highest BCUT2D eigenvalue weighted by Gasteiger charge is 2.29. The lowest BCUT2D eigenvalue weighted by Gasteiger charge is -2.13. The fourth-order valence-corrected chi connectivity index (χ4v) is 2.05. The molecule has 6 heteroatoms. The highest BCUT2D eigenvalue weighted by atomic mass is 16.5. The Labute approximate surface area is 98.2 Å². The van der Waals surface area contributed by atoms with Crippen LogP contribution in [0.25, 0.3) is 0 Å². The first-order valence-corrected chi connectivity index (χ1v) is 5.50. The summed E-state index contributed by atoms with van der Waals surface area (Å²) < 4.78 is 4.90. The molecule has 1 N–H and O–H groups in total. The molecule has 2 rings (SSSR count). The number of amides is 1. The number of aliphatic carboxylic acids is 1. The monoisotopic (exact) mass is 238 g/mol. The van der Waals surface area contributed by atoms with Crippen LogP contribution in [-0.2, 0) is 4.79 Å². The molecule has 0 radical (unpaired) electrons. The van der Waals surface area contributed by atoms with Crippen molar-refractivity contribution in [2.75, 3.05) is 13.1 Å². The van der Waals surface area contributed by atoms with E-state index in [0.717, 1.165) is 6.42 Å². The minimum atomic E-state index is -0.820. The van der Waals surface area contributed by atoms with Gasteiger partial charge in [-0.05, 0) is 19.3 Å². The molecule has 17 heavy (non-hydrogen) atoms. The summed E-state index contributed by atoms with van der Waals surface area (Å²) in [5, 5.41) is 12.3. The lowest BCUT2D eigenvalue weighted by atomic mass is 10.1. The van der Waals surface area contributed by atoms with E-state index in [9.17, 15) is 9.59 Å². The van der Waals surface area contributed by atoms with Gasteiger partial charge < -0.3 is 14.5 Å². The minimum absolute atomic E-state index is 0.0421. The van der Waals surface area contributed by atoms with Crippen LogP contribution in [-0.4, -0.2) is 40.1 Å². The number of hydrogen-bond donors (Lipinski definition) is 1. The van der Waals surface area contributed by atoms with Crippen LogP contribution in [0.3, 0.4) is 0 Å². The van der Waals surface area contributed by atoms with E-state index in [1.54, 1.807) is 17.9 Å². The van der Waals surface area contributed by atoms with Gasteiger partial charge in [0.15, 0.2) is 0 Å². The zero-order valence-electron chi connectivity index (χ0n) is 9.55. The van der Waals surface area contributed by atoms with Crippen molar-refractivity contribution in [3.63, 3.8) is 0 Å². The molecular formula is C11H14N2O4. The van der Waals surface area contributed by atoms with Crippen LogP contribution in [0.4, 0.5) is 0 Å². The average Bonchev–Trinajstić information content (AvgIpc) is 2.85. The molecule has 0 saturated carbocycles. The Morgan fingerprint density at radius 2 is 2.41 bits per heavy atom. The van der Waals surface area contributed by atoms with Crippen molar-refractivity contribution >= 4 is 11.9 Å². The fraction of sp³-hybridized carbons (Fsp3) is 0.545. The molecule has 6 nitrogen and oxygen atoms in total. The standard InChI is InChI=1S/C11H14N2O4/c1-7-4-9(17-12-7)11(16)13-3-2-8(6-13)5-10(14)15/h4,8H,2-3,5-6H2,1H3,(H,14,15). The van der Waals surface area contributed by atoms with Crippen molar-refractivity contribution in [1.82, 2.24) is 10.1 Å². The van der Waals surface area contributed by atoms with E-state index in [1.807, 2.05) is 0 Å². The Morgan fingerprint density at radius 3 is 3.00 bits per heavy atom. The van der Waals surface area contributed by atoms with E-state index in [0.29, 0.717) is 18.8 Å². The van der Waals surface area contributed by atoms with Gasteiger partial charge in [0.2, 0.25) is 5.76 Å². The number of carboxylic acids is 1. The summed E-state index contributed by atoms with van der Waals surface area (Å²) in [6.07, 6.45) is 0.838. The number of aryl methyl sites for hydroxylation is 1. The van der Waals surface area contributed by atoms with Crippen molar-refractivity contribution in [2.45, 2.75) is 19.8 Å². The third-order valence-corrected chi connectivity index (χ3v) is 2.88. The van der Waals surface area contributed by atoms with E-state index in [-0.39, 0.29) is 24.0 Å². The lowest BCUT2D eigenvalue weighted by molar-refractivity contribution is -0.138. The molecule has 1 fully saturated rings. The molecule has 0 bridgehead atoms. The van der Waals surface area contributed by atoms with E-state index in [2.05, 4.69) is 5.16 Å². The van der Waals surface area contributed by atoms with Crippen LogP contribution in [0.2, 0.25) is 0 Å². The smallest absolute Gasteiger partial charge is 0.303 e. The summed E-state index contributed by atoms with van der Waals surface area (Å²) in [7, 11) is 0. The molecule has 1 aromatic heterocycles.